The monoisotopic (exact) mass is 453 g/mol. The van der Waals surface area contributed by atoms with Crippen LogP contribution in [0.1, 0.15) is 16.7 Å². The van der Waals surface area contributed by atoms with Crippen LogP contribution in [0.3, 0.4) is 0 Å². The first-order valence-electron chi connectivity index (χ1n) is 10.7. The van der Waals surface area contributed by atoms with E-state index >= 15 is 0 Å². The number of hydrogen-bond donors (Lipinski definition) is 0. The number of ether oxygens (including phenoxy) is 3. The summed E-state index contributed by atoms with van der Waals surface area (Å²) in [6.45, 7) is 0.385. The summed E-state index contributed by atoms with van der Waals surface area (Å²) < 4.78 is 30.0. The number of methoxy groups -OCH3 is 1. The molecule has 0 amide bonds. The summed E-state index contributed by atoms with van der Waals surface area (Å²) in [5.74, 6) is 0.304. The molecule has 0 unspecified atom stereocenters. The van der Waals surface area contributed by atoms with Gasteiger partial charge in [-0.3, -0.25) is 0 Å². The molecule has 0 saturated carbocycles. The number of carbonyl (C=O) groups excluding carboxylic acids is 1. The van der Waals surface area contributed by atoms with Crippen LogP contribution in [0.4, 0.5) is 4.39 Å². The normalized spacial score (nSPS) is 14.2. The lowest BCUT2D eigenvalue weighted by atomic mass is 10.1. The lowest BCUT2D eigenvalue weighted by molar-refractivity contribution is -0.129. The van der Waals surface area contributed by atoms with Gasteiger partial charge in [0.1, 0.15) is 12.4 Å². The molecule has 34 heavy (non-hydrogen) atoms. The predicted molar refractivity (Wildman–Crippen MR) is 128 cm³/mol. The lowest BCUT2D eigenvalue weighted by Gasteiger charge is -2.13. The number of benzene rings is 4. The molecule has 0 bridgehead atoms. The molecule has 5 nitrogen and oxygen atoms in total. The van der Waals surface area contributed by atoms with Gasteiger partial charge in [0, 0.05) is 5.56 Å². The molecule has 0 aromatic heterocycles. The van der Waals surface area contributed by atoms with Gasteiger partial charge in [0.2, 0.25) is 5.90 Å². The zero-order valence-corrected chi connectivity index (χ0v) is 18.3. The average Bonchev–Trinajstić information content (AvgIpc) is 3.23. The summed E-state index contributed by atoms with van der Waals surface area (Å²) in [4.78, 5) is 16.5. The minimum atomic E-state index is -0.574. The first-order chi connectivity index (χ1) is 16.6. The molecule has 6 heteroatoms. The van der Waals surface area contributed by atoms with E-state index in [4.69, 9.17) is 14.2 Å². The molecular formula is C28H20FNO4. The first kappa shape index (κ1) is 21.4. The van der Waals surface area contributed by atoms with Crippen LogP contribution in [0.5, 0.6) is 11.5 Å². The van der Waals surface area contributed by atoms with E-state index in [1.165, 1.54) is 24.3 Å². The van der Waals surface area contributed by atoms with E-state index in [1.807, 2.05) is 30.3 Å². The molecule has 1 aliphatic heterocycles. The lowest BCUT2D eigenvalue weighted by Crippen LogP contribution is -2.05. The number of aliphatic imine (C=N–C) groups is 1. The number of carbonyl (C=O) groups is 1. The Kier molecular flexibility index (Phi) is 5.79. The molecule has 1 heterocycles. The fourth-order valence-corrected chi connectivity index (χ4v) is 3.75. The molecular weight excluding hydrogens is 433 g/mol. The van der Waals surface area contributed by atoms with E-state index in [1.54, 1.807) is 25.3 Å². The van der Waals surface area contributed by atoms with Gasteiger partial charge in [-0.2, -0.15) is 0 Å². The molecule has 168 valence electrons. The third-order valence-electron chi connectivity index (χ3n) is 5.47. The standard InChI is InChI=1S/C28H20FNO4/c1-32-26-16-18(15-24-28(31)34-27(30-24)20-10-12-22(29)13-11-20)9-14-25(26)33-17-21-7-4-6-19-5-2-3-8-23(19)21/h2-16H,17H2,1H3/b24-15+. The zero-order chi connectivity index (χ0) is 23.5. The number of hydrogen-bond acceptors (Lipinski definition) is 5. The second kappa shape index (κ2) is 9.19. The maximum absolute atomic E-state index is 13.2. The van der Waals surface area contributed by atoms with E-state index < -0.39 is 5.97 Å². The molecule has 0 aliphatic carbocycles. The van der Waals surface area contributed by atoms with Gasteiger partial charge in [0.05, 0.1) is 7.11 Å². The summed E-state index contributed by atoms with van der Waals surface area (Å²) in [5.41, 5.74) is 2.44. The molecule has 0 spiro atoms. The Hall–Kier alpha value is -4.45. The number of halogens is 1. The van der Waals surface area contributed by atoms with Crippen molar-refractivity contribution in [3.8, 4) is 11.5 Å². The third-order valence-corrected chi connectivity index (χ3v) is 5.47. The molecule has 0 saturated heterocycles. The molecule has 0 atom stereocenters. The highest BCUT2D eigenvalue weighted by molar-refractivity contribution is 6.12. The number of cyclic esters (lactones) is 1. The van der Waals surface area contributed by atoms with Crippen LogP contribution in [0.25, 0.3) is 16.8 Å². The van der Waals surface area contributed by atoms with E-state index in [9.17, 15) is 9.18 Å². The van der Waals surface area contributed by atoms with Gasteiger partial charge in [-0.25, -0.2) is 14.2 Å². The van der Waals surface area contributed by atoms with Crippen LogP contribution < -0.4 is 9.47 Å². The van der Waals surface area contributed by atoms with E-state index in [2.05, 4.69) is 23.2 Å². The topological polar surface area (TPSA) is 57.1 Å². The zero-order valence-electron chi connectivity index (χ0n) is 18.3. The van der Waals surface area contributed by atoms with E-state index in [-0.39, 0.29) is 17.4 Å². The average molecular weight is 453 g/mol. The predicted octanol–water partition coefficient (Wildman–Crippen LogP) is 5.91. The Morgan fingerprint density at radius 1 is 0.941 bits per heavy atom. The molecule has 0 radical (unpaired) electrons. The van der Waals surface area contributed by atoms with Crippen LogP contribution in [0, 0.1) is 5.82 Å². The Labute approximate surface area is 195 Å². The van der Waals surface area contributed by atoms with Crippen molar-refractivity contribution in [2.75, 3.05) is 7.11 Å². The van der Waals surface area contributed by atoms with E-state index in [0.29, 0.717) is 29.2 Å². The van der Waals surface area contributed by atoms with Crippen LogP contribution in [-0.2, 0) is 16.1 Å². The van der Waals surface area contributed by atoms with Crippen molar-refractivity contribution in [1.29, 1.82) is 0 Å². The minimum absolute atomic E-state index is 0.137. The molecule has 4 aromatic rings. The van der Waals surface area contributed by atoms with Gasteiger partial charge in [-0.15, -0.1) is 0 Å². The molecule has 4 aromatic carbocycles. The maximum atomic E-state index is 13.2. The number of esters is 1. The maximum Gasteiger partial charge on any atom is 0.363 e. The second-order valence-corrected chi connectivity index (χ2v) is 7.68. The summed E-state index contributed by atoms with van der Waals surface area (Å²) in [5, 5.41) is 2.29. The van der Waals surface area contributed by atoms with Gasteiger partial charge in [-0.05, 0) is 64.4 Å². The highest BCUT2D eigenvalue weighted by Gasteiger charge is 2.24. The second-order valence-electron chi connectivity index (χ2n) is 7.68. The summed E-state index contributed by atoms with van der Waals surface area (Å²) in [7, 11) is 1.56. The summed E-state index contributed by atoms with van der Waals surface area (Å²) in [6, 6.07) is 25.2. The molecule has 1 aliphatic rings. The van der Waals surface area contributed by atoms with Gasteiger partial charge >= 0.3 is 5.97 Å². The molecule has 5 rings (SSSR count). The fraction of sp³-hybridized carbons (Fsp3) is 0.0714. The smallest absolute Gasteiger partial charge is 0.363 e. The van der Waals surface area contributed by atoms with Crippen LogP contribution in [-0.4, -0.2) is 19.0 Å². The Morgan fingerprint density at radius 2 is 1.74 bits per heavy atom. The third kappa shape index (κ3) is 4.38. The first-order valence-corrected chi connectivity index (χ1v) is 10.7. The largest absolute Gasteiger partial charge is 0.493 e. The van der Waals surface area contributed by atoms with Crippen molar-refractivity contribution >= 4 is 28.7 Å². The molecule has 0 fully saturated rings. The fourth-order valence-electron chi connectivity index (χ4n) is 3.75. The Bertz CT molecular complexity index is 1440. The van der Waals surface area contributed by atoms with Crippen molar-refractivity contribution in [2.24, 2.45) is 4.99 Å². The molecule has 0 N–H and O–H groups in total. The van der Waals surface area contributed by atoms with Gasteiger partial charge < -0.3 is 14.2 Å². The van der Waals surface area contributed by atoms with Gasteiger partial charge in [0.15, 0.2) is 17.2 Å². The number of rotatable bonds is 6. The van der Waals surface area contributed by atoms with Gasteiger partial charge in [-0.1, -0.05) is 48.5 Å². The van der Waals surface area contributed by atoms with Gasteiger partial charge in [0.25, 0.3) is 0 Å². The Morgan fingerprint density at radius 3 is 2.56 bits per heavy atom. The highest BCUT2D eigenvalue weighted by Crippen LogP contribution is 2.31. The van der Waals surface area contributed by atoms with Crippen molar-refractivity contribution in [1.82, 2.24) is 0 Å². The SMILES string of the molecule is COc1cc(/C=C2/N=C(c3ccc(F)cc3)OC2=O)ccc1OCc1cccc2ccccc12. The van der Waals surface area contributed by atoms with Crippen molar-refractivity contribution in [2.45, 2.75) is 6.61 Å². The van der Waals surface area contributed by atoms with Crippen molar-refractivity contribution in [3.05, 3.63) is 113 Å². The van der Waals surface area contributed by atoms with Crippen molar-refractivity contribution < 1.29 is 23.4 Å². The van der Waals surface area contributed by atoms with Crippen molar-refractivity contribution in [3.63, 3.8) is 0 Å². The Balaban J connectivity index is 1.37. The number of fused-ring (bicyclic) bond motifs is 1. The van der Waals surface area contributed by atoms with E-state index in [0.717, 1.165) is 16.3 Å². The summed E-state index contributed by atoms with van der Waals surface area (Å²) >= 11 is 0. The quantitative estimate of drug-likeness (QED) is 0.269. The van der Waals surface area contributed by atoms with Crippen LogP contribution in [0.2, 0.25) is 0 Å². The summed E-state index contributed by atoms with van der Waals surface area (Å²) in [6.07, 6.45) is 1.61. The van der Waals surface area contributed by atoms with Crippen LogP contribution in [0.15, 0.2) is 95.6 Å². The van der Waals surface area contributed by atoms with Crippen LogP contribution >= 0.6 is 0 Å². The minimum Gasteiger partial charge on any atom is -0.493 e. The number of nitrogens with zero attached hydrogens (tertiary/aromatic N) is 1. The highest BCUT2D eigenvalue weighted by atomic mass is 19.1.